The molecule has 0 fully saturated rings. The van der Waals surface area contributed by atoms with Gasteiger partial charge in [0.05, 0.1) is 0 Å². The molecule has 0 spiro atoms. The first-order chi connectivity index (χ1) is 9.43. The van der Waals surface area contributed by atoms with Crippen LogP contribution in [0.5, 0.6) is 0 Å². The van der Waals surface area contributed by atoms with Gasteiger partial charge in [0.1, 0.15) is 17.1 Å². The molecule has 1 unspecified atom stereocenters. The zero-order chi connectivity index (χ0) is 14.9. The highest BCUT2D eigenvalue weighted by Gasteiger charge is 2.21. The van der Waals surface area contributed by atoms with E-state index in [0.717, 1.165) is 6.42 Å². The standard InChI is InChI=1S/C14H14BrFN2O2/c1-3-8(2)18-7-11(14(19)20)13(17-18)10-5-4-9(15)6-12(10)16/h4-8H,3H2,1-2H3,(H,19,20). The molecule has 0 aliphatic rings. The summed E-state index contributed by atoms with van der Waals surface area (Å²) in [5.74, 6) is -1.62. The molecule has 20 heavy (non-hydrogen) atoms. The molecule has 1 heterocycles. The highest BCUT2D eigenvalue weighted by Crippen LogP contribution is 2.28. The molecule has 0 aliphatic carbocycles. The summed E-state index contributed by atoms with van der Waals surface area (Å²) in [6.07, 6.45) is 2.26. The van der Waals surface area contributed by atoms with Crippen LogP contribution in [-0.4, -0.2) is 20.9 Å². The smallest absolute Gasteiger partial charge is 0.339 e. The third-order valence-electron chi connectivity index (χ3n) is 3.19. The van der Waals surface area contributed by atoms with E-state index in [9.17, 15) is 14.3 Å². The number of hydrogen-bond donors (Lipinski definition) is 1. The van der Waals surface area contributed by atoms with Crippen molar-refractivity contribution in [2.75, 3.05) is 0 Å². The Balaban J connectivity index is 2.60. The summed E-state index contributed by atoms with van der Waals surface area (Å²) in [5, 5.41) is 13.5. The maximum absolute atomic E-state index is 14.0. The van der Waals surface area contributed by atoms with Crippen molar-refractivity contribution in [2.45, 2.75) is 26.3 Å². The first-order valence-electron chi connectivity index (χ1n) is 6.22. The van der Waals surface area contributed by atoms with Gasteiger partial charge < -0.3 is 5.11 Å². The van der Waals surface area contributed by atoms with Crippen molar-refractivity contribution in [2.24, 2.45) is 0 Å². The molecule has 106 valence electrons. The third-order valence-corrected chi connectivity index (χ3v) is 3.68. The Kier molecular flexibility index (Phi) is 4.23. The van der Waals surface area contributed by atoms with Gasteiger partial charge in [-0.15, -0.1) is 0 Å². The molecule has 0 bridgehead atoms. The normalized spacial score (nSPS) is 12.4. The third kappa shape index (κ3) is 2.75. The van der Waals surface area contributed by atoms with Gasteiger partial charge in [-0.25, -0.2) is 9.18 Å². The molecule has 1 N–H and O–H groups in total. The lowest BCUT2D eigenvalue weighted by Gasteiger charge is -2.08. The molecule has 1 aromatic carbocycles. The molecule has 2 aromatic rings. The maximum atomic E-state index is 14.0. The monoisotopic (exact) mass is 340 g/mol. The van der Waals surface area contributed by atoms with Crippen molar-refractivity contribution >= 4 is 21.9 Å². The van der Waals surface area contributed by atoms with Crippen LogP contribution in [0.1, 0.15) is 36.7 Å². The second-order valence-electron chi connectivity index (χ2n) is 4.56. The molecule has 0 amide bonds. The second kappa shape index (κ2) is 5.75. The number of benzene rings is 1. The molecule has 0 radical (unpaired) electrons. The van der Waals surface area contributed by atoms with Crippen molar-refractivity contribution < 1.29 is 14.3 Å². The molecular weight excluding hydrogens is 327 g/mol. The van der Waals surface area contributed by atoms with E-state index in [1.165, 1.54) is 18.3 Å². The maximum Gasteiger partial charge on any atom is 0.339 e. The fourth-order valence-electron chi connectivity index (χ4n) is 1.84. The largest absolute Gasteiger partial charge is 0.478 e. The summed E-state index contributed by atoms with van der Waals surface area (Å²) >= 11 is 3.17. The lowest BCUT2D eigenvalue weighted by atomic mass is 10.1. The number of aromatic carboxylic acids is 1. The van der Waals surface area contributed by atoms with E-state index in [-0.39, 0.29) is 22.9 Å². The van der Waals surface area contributed by atoms with Crippen LogP contribution in [-0.2, 0) is 0 Å². The number of aromatic nitrogens is 2. The van der Waals surface area contributed by atoms with E-state index >= 15 is 0 Å². The van der Waals surface area contributed by atoms with E-state index in [2.05, 4.69) is 21.0 Å². The van der Waals surface area contributed by atoms with Gasteiger partial charge in [-0.05, 0) is 31.5 Å². The van der Waals surface area contributed by atoms with E-state index in [1.54, 1.807) is 10.7 Å². The molecular formula is C14H14BrFN2O2. The molecule has 4 nitrogen and oxygen atoms in total. The first-order valence-corrected chi connectivity index (χ1v) is 7.01. The van der Waals surface area contributed by atoms with Crippen LogP contribution in [0.15, 0.2) is 28.9 Å². The minimum atomic E-state index is -1.11. The number of rotatable bonds is 4. The number of carboxylic acids is 1. The Hall–Kier alpha value is -1.69. The van der Waals surface area contributed by atoms with Gasteiger partial charge in [-0.2, -0.15) is 5.10 Å². The van der Waals surface area contributed by atoms with E-state index in [1.807, 2.05) is 13.8 Å². The lowest BCUT2D eigenvalue weighted by molar-refractivity contribution is 0.0697. The van der Waals surface area contributed by atoms with Crippen LogP contribution in [0.4, 0.5) is 4.39 Å². The minimum Gasteiger partial charge on any atom is -0.478 e. The SMILES string of the molecule is CCC(C)n1cc(C(=O)O)c(-c2ccc(Br)cc2F)n1. The van der Waals surface area contributed by atoms with Gasteiger partial charge in [0.2, 0.25) is 0 Å². The Labute approximate surface area is 124 Å². The molecule has 1 atom stereocenters. The highest BCUT2D eigenvalue weighted by molar-refractivity contribution is 9.10. The van der Waals surface area contributed by atoms with Gasteiger partial charge in [-0.1, -0.05) is 22.9 Å². The Morgan fingerprint density at radius 1 is 1.55 bits per heavy atom. The summed E-state index contributed by atoms with van der Waals surface area (Å²) in [6, 6.07) is 4.53. The summed E-state index contributed by atoms with van der Waals surface area (Å²) in [5.41, 5.74) is 0.349. The average Bonchev–Trinajstić information content (AvgIpc) is 2.82. The quantitative estimate of drug-likeness (QED) is 0.910. The average molecular weight is 341 g/mol. The van der Waals surface area contributed by atoms with E-state index < -0.39 is 11.8 Å². The Bertz CT molecular complexity index is 655. The van der Waals surface area contributed by atoms with Crippen molar-refractivity contribution in [3.8, 4) is 11.3 Å². The van der Waals surface area contributed by atoms with Crippen molar-refractivity contribution in [1.82, 2.24) is 9.78 Å². The topological polar surface area (TPSA) is 55.1 Å². The second-order valence-corrected chi connectivity index (χ2v) is 5.47. The number of halogens is 2. The van der Waals surface area contributed by atoms with Crippen molar-refractivity contribution in [1.29, 1.82) is 0 Å². The van der Waals surface area contributed by atoms with Gasteiger partial charge in [0, 0.05) is 22.3 Å². The molecule has 0 saturated heterocycles. The summed E-state index contributed by atoms with van der Waals surface area (Å²) in [4.78, 5) is 11.3. The Morgan fingerprint density at radius 3 is 2.80 bits per heavy atom. The molecule has 0 aliphatic heterocycles. The lowest BCUT2D eigenvalue weighted by Crippen LogP contribution is -2.04. The van der Waals surface area contributed by atoms with Gasteiger partial charge in [0.15, 0.2) is 0 Å². The van der Waals surface area contributed by atoms with Crippen LogP contribution in [0, 0.1) is 5.82 Å². The molecule has 1 aromatic heterocycles. The number of carbonyl (C=O) groups is 1. The zero-order valence-electron chi connectivity index (χ0n) is 11.1. The fourth-order valence-corrected chi connectivity index (χ4v) is 2.17. The predicted molar refractivity (Wildman–Crippen MR) is 77.3 cm³/mol. The minimum absolute atomic E-state index is 0.00604. The van der Waals surface area contributed by atoms with Gasteiger partial charge >= 0.3 is 5.97 Å². The Morgan fingerprint density at radius 2 is 2.25 bits per heavy atom. The van der Waals surface area contributed by atoms with Crippen LogP contribution in [0.2, 0.25) is 0 Å². The van der Waals surface area contributed by atoms with E-state index in [4.69, 9.17) is 0 Å². The van der Waals surface area contributed by atoms with Crippen LogP contribution < -0.4 is 0 Å². The van der Waals surface area contributed by atoms with Crippen molar-refractivity contribution in [3.05, 3.63) is 40.2 Å². The summed E-state index contributed by atoms with van der Waals surface area (Å²) in [7, 11) is 0. The van der Waals surface area contributed by atoms with E-state index in [0.29, 0.717) is 4.47 Å². The van der Waals surface area contributed by atoms with Crippen LogP contribution in [0.25, 0.3) is 11.3 Å². The van der Waals surface area contributed by atoms with Gasteiger partial charge in [-0.3, -0.25) is 4.68 Å². The van der Waals surface area contributed by atoms with Gasteiger partial charge in [0.25, 0.3) is 0 Å². The number of hydrogen-bond acceptors (Lipinski definition) is 2. The van der Waals surface area contributed by atoms with Crippen LogP contribution >= 0.6 is 15.9 Å². The summed E-state index contributed by atoms with van der Waals surface area (Å²) in [6.45, 7) is 3.91. The number of nitrogens with zero attached hydrogens (tertiary/aromatic N) is 2. The number of carboxylic acid groups (broad SMARTS) is 1. The van der Waals surface area contributed by atoms with Crippen molar-refractivity contribution in [3.63, 3.8) is 0 Å². The fraction of sp³-hybridized carbons (Fsp3) is 0.286. The zero-order valence-corrected chi connectivity index (χ0v) is 12.7. The molecule has 0 saturated carbocycles. The van der Waals surface area contributed by atoms with Crippen LogP contribution in [0.3, 0.4) is 0 Å². The first kappa shape index (κ1) is 14.7. The highest BCUT2D eigenvalue weighted by atomic mass is 79.9. The summed E-state index contributed by atoms with van der Waals surface area (Å²) < 4.78 is 16.2. The molecule has 2 rings (SSSR count). The molecule has 6 heteroatoms. The predicted octanol–water partition coefficient (Wildman–Crippen LogP) is 4.12.